The Balaban J connectivity index is 1.97. The van der Waals surface area contributed by atoms with Crippen LogP contribution < -0.4 is 10.6 Å². The molecule has 0 spiro atoms. The molecule has 4 aromatic rings. The highest BCUT2D eigenvalue weighted by Crippen LogP contribution is 2.29. The van der Waals surface area contributed by atoms with Gasteiger partial charge in [-0.25, -0.2) is 9.38 Å². The van der Waals surface area contributed by atoms with E-state index in [9.17, 15) is 0 Å². The SMILES string of the molecule is CNCCNc1nc2cc(Cl)ccc2c2nnc(-c3cccs3)n12. The van der Waals surface area contributed by atoms with Crippen molar-refractivity contribution in [2.45, 2.75) is 0 Å². The molecule has 0 atom stereocenters. The van der Waals surface area contributed by atoms with Crippen molar-refractivity contribution >= 4 is 45.4 Å². The number of benzene rings is 1. The minimum Gasteiger partial charge on any atom is -0.354 e. The lowest BCUT2D eigenvalue weighted by Crippen LogP contribution is -2.19. The fraction of sp³-hybridized carbons (Fsp3) is 0.188. The largest absolute Gasteiger partial charge is 0.354 e. The standard InChI is InChI=1S/C16H15ClN6S/c1-18-6-7-19-16-20-12-9-10(17)4-5-11(12)14-21-22-15(23(14)16)13-3-2-8-24-13/h2-5,8-9,18H,6-7H2,1H3,(H,19,20). The molecule has 0 bridgehead atoms. The molecule has 0 saturated heterocycles. The molecular formula is C16H15ClN6S. The number of aromatic nitrogens is 4. The van der Waals surface area contributed by atoms with E-state index in [0.29, 0.717) is 11.0 Å². The number of thiophene rings is 1. The monoisotopic (exact) mass is 358 g/mol. The van der Waals surface area contributed by atoms with Gasteiger partial charge in [0.25, 0.3) is 0 Å². The highest BCUT2D eigenvalue weighted by atomic mass is 35.5. The fourth-order valence-corrected chi connectivity index (χ4v) is 3.46. The summed E-state index contributed by atoms with van der Waals surface area (Å²) in [4.78, 5) is 5.79. The van der Waals surface area contributed by atoms with Crippen molar-refractivity contribution in [2.24, 2.45) is 0 Å². The molecule has 122 valence electrons. The third kappa shape index (κ3) is 2.60. The first kappa shape index (κ1) is 15.3. The number of anilines is 1. The summed E-state index contributed by atoms with van der Waals surface area (Å²) in [6, 6.07) is 9.66. The second-order valence-electron chi connectivity index (χ2n) is 5.29. The third-order valence-corrected chi connectivity index (χ3v) is 4.80. The molecule has 0 radical (unpaired) electrons. The van der Waals surface area contributed by atoms with Crippen LogP contribution in [0.1, 0.15) is 0 Å². The first-order valence-corrected chi connectivity index (χ1v) is 8.80. The van der Waals surface area contributed by atoms with Crippen molar-refractivity contribution in [2.75, 3.05) is 25.5 Å². The van der Waals surface area contributed by atoms with Crippen LogP contribution in [-0.4, -0.2) is 39.7 Å². The molecule has 6 nitrogen and oxygen atoms in total. The van der Waals surface area contributed by atoms with Gasteiger partial charge in [0, 0.05) is 23.5 Å². The van der Waals surface area contributed by atoms with Gasteiger partial charge in [-0.1, -0.05) is 17.7 Å². The van der Waals surface area contributed by atoms with Crippen molar-refractivity contribution in [3.63, 3.8) is 0 Å². The summed E-state index contributed by atoms with van der Waals surface area (Å²) < 4.78 is 1.97. The molecule has 2 N–H and O–H groups in total. The first-order chi connectivity index (χ1) is 11.8. The number of rotatable bonds is 5. The lowest BCUT2D eigenvalue weighted by atomic mass is 10.2. The van der Waals surface area contributed by atoms with Crippen LogP contribution in [0.4, 0.5) is 5.95 Å². The summed E-state index contributed by atoms with van der Waals surface area (Å²) in [7, 11) is 1.92. The Hall–Kier alpha value is -2.22. The summed E-state index contributed by atoms with van der Waals surface area (Å²) in [6.07, 6.45) is 0. The van der Waals surface area contributed by atoms with Crippen LogP contribution >= 0.6 is 22.9 Å². The zero-order valence-electron chi connectivity index (χ0n) is 13.0. The number of hydrogen-bond donors (Lipinski definition) is 2. The van der Waals surface area contributed by atoms with Gasteiger partial charge in [-0.3, -0.25) is 0 Å². The molecule has 0 aliphatic carbocycles. The maximum Gasteiger partial charge on any atom is 0.211 e. The molecule has 0 aliphatic heterocycles. The number of hydrogen-bond acceptors (Lipinski definition) is 6. The summed E-state index contributed by atoms with van der Waals surface area (Å²) in [6.45, 7) is 1.57. The van der Waals surface area contributed by atoms with Crippen LogP contribution in [-0.2, 0) is 0 Å². The summed E-state index contributed by atoms with van der Waals surface area (Å²) in [5.74, 6) is 1.50. The average molecular weight is 359 g/mol. The van der Waals surface area contributed by atoms with Crippen LogP contribution in [0.2, 0.25) is 5.02 Å². The van der Waals surface area contributed by atoms with Gasteiger partial charge in [0.15, 0.2) is 11.5 Å². The summed E-state index contributed by atoms with van der Waals surface area (Å²) in [5.41, 5.74) is 1.57. The van der Waals surface area contributed by atoms with Gasteiger partial charge in [-0.15, -0.1) is 21.5 Å². The Kier molecular flexibility index (Phi) is 4.05. The van der Waals surface area contributed by atoms with Gasteiger partial charge in [-0.05, 0) is 36.7 Å². The molecule has 8 heteroatoms. The second kappa shape index (κ2) is 6.35. The van der Waals surface area contributed by atoms with Gasteiger partial charge >= 0.3 is 0 Å². The molecule has 0 fully saturated rings. The van der Waals surface area contributed by atoms with Crippen LogP contribution in [0, 0.1) is 0 Å². The summed E-state index contributed by atoms with van der Waals surface area (Å²) >= 11 is 7.75. The number of halogens is 1. The Labute approximate surface area is 147 Å². The zero-order valence-corrected chi connectivity index (χ0v) is 14.5. The number of nitrogens with zero attached hydrogens (tertiary/aromatic N) is 4. The molecular weight excluding hydrogens is 344 g/mol. The second-order valence-corrected chi connectivity index (χ2v) is 6.67. The normalized spacial score (nSPS) is 11.4. The third-order valence-electron chi connectivity index (χ3n) is 3.70. The van der Waals surface area contributed by atoms with Crippen LogP contribution in [0.5, 0.6) is 0 Å². The molecule has 24 heavy (non-hydrogen) atoms. The minimum absolute atomic E-state index is 0.651. The van der Waals surface area contributed by atoms with E-state index in [2.05, 4.69) is 20.8 Å². The Morgan fingerprint density at radius 3 is 2.92 bits per heavy atom. The molecule has 4 rings (SSSR count). The number of fused-ring (bicyclic) bond motifs is 3. The lowest BCUT2D eigenvalue weighted by Gasteiger charge is -2.11. The van der Waals surface area contributed by atoms with E-state index in [4.69, 9.17) is 16.6 Å². The predicted molar refractivity (Wildman–Crippen MR) is 99.0 cm³/mol. The molecule has 0 saturated carbocycles. The van der Waals surface area contributed by atoms with Crippen molar-refractivity contribution in [3.8, 4) is 10.7 Å². The number of nitrogens with one attached hydrogen (secondary N) is 2. The van der Waals surface area contributed by atoms with Crippen molar-refractivity contribution < 1.29 is 0 Å². The van der Waals surface area contributed by atoms with E-state index in [1.165, 1.54) is 0 Å². The van der Waals surface area contributed by atoms with E-state index >= 15 is 0 Å². The Morgan fingerprint density at radius 1 is 1.21 bits per heavy atom. The molecule has 3 aromatic heterocycles. The quantitative estimate of drug-likeness (QED) is 0.536. The van der Waals surface area contributed by atoms with Gasteiger partial charge in [0.2, 0.25) is 5.95 Å². The first-order valence-electron chi connectivity index (χ1n) is 7.54. The minimum atomic E-state index is 0.651. The van der Waals surface area contributed by atoms with E-state index in [0.717, 1.165) is 40.3 Å². The highest BCUT2D eigenvalue weighted by Gasteiger charge is 2.16. The summed E-state index contributed by atoms with van der Waals surface area (Å²) in [5, 5.41) is 18.9. The zero-order chi connectivity index (χ0) is 16.5. The lowest BCUT2D eigenvalue weighted by molar-refractivity contribution is 0.816. The molecule has 3 heterocycles. The maximum absolute atomic E-state index is 6.12. The molecule has 1 aromatic carbocycles. The van der Waals surface area contributed by atoms with Crippen molar-refractivity contribution in [1.82, 2.24) is 24.9 Å². The average Bonchev–Trinajstić information content (AvgIpc) is 3.24. The number of likely N-dealkylation sites (N-methyl/N-ethyl adjacent to an activating group) is 1. The molecule has 0 amide bonds. The van der Waals surface area contributed by atoms with E-state index in [-0.39, 0.29) is 0 Å². The van der Waals surface area contributed by atoms with Crippen LogP contribution in [0.3, 0.4) is 0 Å². The predicted octanol–water partition coefficient (Wildman–Crippen LogP) is 3.29. The maximum atomic E-state index is 6.12. The van der Waals surface area contributed by atoms with Crippen LogP contribution in [0.15, 0.2) is 35.7 Å². The topological polar surface area (TPSA) is 67.1 Å². The van der Waals surface area contributed by atoms with Gasteiger partial charge in [-0.2, -0.15) is 0 Å². The van der Waals surface area contributed by atoms with Gasteiger partial charge in [0.05, 0.1) is 10.4 Å². The fourth-order valence-electron chi connectivity index (χ4n) is 2.59. The highest BCUT2D eigenvalue weighted by molar-refractivity contribution is 7.13. The van der Waals surface area contributed by atoms with E-state index < -0.39 is 0 Å². The Bertz CT molecular complexity index is 995. The van der Waals surface area contributed by atoms with E-state index in [1.807, 2.05) is 47.2 Å². The van der Waals surface area contributed by atoms with Crippen molar-refractivity contribution in [3.05, 3.63) is 40.7 Å². The van der Waals surface area contributed by atoms with Crippen LogP contribution in [0.25, 0.3) is 27.3 Å². The Morgan fingerprint density at radius 2 is 2.12 bits per heavy atom. The van der Waals surface area contributed by atoms with E-state index in [1.54, 1.807) is 11.3 Å². The van der Waals surface area contributed by atoms with Crippen molar-refractivity contribution in [1.29, 1.82) is 0 Å². The molecule has 0 unspecified atom stereocenters. The smallest absolute Gasteiger partial charge is 0.211 e. The van der Waals surface area contributed by atoms with Gasteiger partial charge in [0.1, 0.15) is 0 Å². The van der Waals surface area contributed by atoms with Gasteiger partial charge < -0.3 is 10.6 Å². The molecule has 0 aliphatic rings.